The van der Waals surface area contributed by atoms with Crippen LogP contribution in [0.2, 0.25) is 0 Å². The van der Waals surface area contributed by atoms with Crippen molar-refractivity contribution < 1.29 is 9.13 Å². The van der Waals surface area contributed by atoms with Crippen molar-refractivity contribution >= 4 is 22.7 Å². The van der Waals surface area contributed by atoms with Crippen LogP contribution in [-0.2, 0) is 5.75 Å². The summed E-state index contributed by atoms with van der Waals surface area (Å²) in [5.74, 6) is 0.268. The van der Waals surface area contributed by atoms with Gasteiger partial charge in [-0.15, -0.1) is 0 Å². The molecule has 1 heterocycles. The average molecular weight is 406 g/mol. The molecule has 0 N–H and O–H groups in total. The fourth-order valence-corrected chi connectivity index (χ4v) is 4.03. The molecule has 4 rings (SSSR count). The molecule has 146 valence electrons. The number of hydrogen-bond donors (Lipinski definition) is 0. The topological polar surface area (TPSA) is 44.1 Å². The Balaban J connectivity index is 1.78. The zero-order valence-corrected chi connectivity index (χ0v) is 16.9. The van der Waals surface area contributed by atoms with Gasteiger partial charge in [0.25, 0.3) is 5.56 Å². The molecule has 4 nitrogen and oxygen atoms in total. The fourth-order valence-electron chi connectivity index (χ4n) is 3.08. The number of aryl methyl sites for hydroxylation is 1. The summed E-state index contributed by atoms with van der Waals surface area (Å²) < 4.78 is 20.6. The number of hydrogen-bond acceptors (Lipinski definition) is 4. The number of fused-ring (bicyclic) bond motifs is 1. The second kappa shape index (κ2) is 8.09. The van der Waals surface area contributed by atoms with Crippen LogP contribution in [0.5, 0.6) is 5.75 Å². The van der Waals surface area contributed by atoms with Gasteiger partial charge in [0.05, 0.1) is 23.7 Å². The van der Waals surface area contributed by atoms with Crippen LogP contribution in [0.4, 0.5) is 4.39 Å². The van der Waals surface area contributed by atoms with E-state index in [0.29, 0.717) is 21.8 Å². The largest absolute Gasteiger partial charge is 0.494 e. The summed E-state index contributed by atoms with van der Waals surface area (Å²) in [4.78, 5) is 17.9. The third-order valence-corrected chi connectivity index (χ3v) is 5.63. The minimum absolute atomic E-state index is 0.122. The quantitative estimate of drug-likeness (QED) is 0.340. The molecule has 0 bridgehead atoms. The van der Waals surface area contributed by atoms with Gasteiger partial charge in [0.15, 0.2) is 16.7 Å². The predicted octanol–water partition coefficient (Wildman–Crippen LogP) is 5.13. The first-order valence-electron chi connectivity index (χ1n) is 9.11. The summed E-state index contributed by atoms with van der Waals surface area (Å²) in [6.07, 6.45) is 0. The number of methoxy groups -OCH3 is 1. The van der Waals surface area contributed by atoms with Crippen LogP contribution in [0.1, 0.15) is 11.1 Å². The van der Waals surface area contributed by atoms with Crippen molar-refractivity contribution in [2.75, 3.05) is 7.11 Å². The zero-order valence-electron chi connectivity index (χ0n) is 16.1. The Morgan fingerprint density at radius 1 is 1.07 bits per heavy atom. The molecule has 3 aromatic carbocycles. The lowest BCUT2D eigenvalue weighted by Crippen LogP contribution is -2.21. The predicted molar refractivity (Wildman–Crippen MR) is 115 cm³/mol. The van der Waals surface area contributed by atoms with Gasteiger partial charge >= 0.3 is 0 Å². The van der Waals surface area contributed by atoms with Crippen molar-refractivity contribution in [3.8, 4) is 11.4 Å². The van der Waals surface area contributed by atoms with Crippen molar-refractivity contribution in [3.05, 3.63) is 94.0 Å². The minimum Gasteiger partial charge on any atom is -0.494 e. The van der Waals surface area contributed by atoms with E-state index in [9.17, 15) is 9.18 Å². The van der Waals surface area contributed by atoms with E-state index in [1.54, 1.807) is 16.7 Å². The zero-order chi connectivity index (χ0) is 20.4. The molecule has 0 saturated heterocycles. The van der Waals surface area contributed by atoms with Crippen LogP contribution in [0.25, 0.3) is 16.6 Å². The van der Waals surface area contributed by atoms with Gasteiger partial charge < -0.3 is 4.74 Å². The Morgan fingerprint density at radius 3 is 2.55 bits per heavy atom. The number of ether oxygens (including phenoxy) is 1. The van der Waals surface area contributed by atoms with Gasteiger partial charge in [0.2, 0.25) is 0 Å². The van der Waals surface area contributed by atoms with Crippen LogP contribution in [0.15, 0.2) is 76.7 Å². The van der Waals surface area contributed by atoms with Crippen molar-refractivity contribution in [1.29, 1.82) is 0 Å². The summed E-state index contributed by atoms with van der Waals surface area (Å²) in [6.45, 7) is 2.00. The van der Waals surface area contributed by atoms with E-state index in [2.05, 4.69) is 0 Å². The van der Waals surface area contributed by atoms with Crippen LogP contribution in [-0.4, -0.2) is 16.7 Å². The number of aromatic nitrogens is 2. The van der Waals surface area contributed by atoms with Gasteiger partial charge in [0, 0.05) is 5.75 Å². The second-order valence-electron chi connectivity index (χ2n) is 6.65. The molecule has 1 aromatic heterocycles. The smallest absolute Gasteiger partial charge is 0.266 e. The highest BCUT2D eigenvalue weighted by Gasteiger charge is 2.14. The molecule has 29 heavy (non-hydrogen) atoms. The van der Waals surface area contributed by atoms with E-state index in [4.69, 9.17) is 9.72 Å². The second-order valence-corrected chi connectivity index (χ2v) is 7.59. The van der Waals surface area contributed by atoms with Gasteiger partial charge in [-0.05, 0) is 48.9 Å². The van der Waals surface area contributed by atoms with E-state index >= 15 is 0 Å². The maximum atomic E-state index is 14.0. The molecule has 0 aliphatic heterocycles. The van der Waals surface area contributed by atoms with Crippen LogP contribution in [0.3, 0.4) is 0 Å². The molecule has 0 saturated carbocycles. The van der Waals surface area contributed by atoms with Gasteiger partial charge in [-0.2, -0.15) is 0 Å². The van der Waals surface area contributed by atoms with Crippen LogP contribution < -0.4 is 10.3 Å². The van der Waals surface area contributed by atoms with Gasteiger partial charge in [0.1, 0.15) is 0 Å². The fraction of sp³-hybridized carbons (Fsp3) is 0.130. The van der Waals surface area contributed by atoms with Crippen molar-refractivity contribution in [1.82, 2.24) is 9.55 Å². The minimum atomic E-state index is -0.409. The standard InChI is InChI=1S/C23H19FN2O2S/c1-15-7-10-17(11-8-15)26-22(27)18-5-3-4-6-20(18)25-23(26)29-14-16-9-12-21(28-2)19(24)13-16/h3-13H,14H2,1-2H3. The highest BCUT2D eigenvalue weighted by molar-refractivity contribution is 7.98. The van der Waals surface area contributed by atoms with E-state index in [-0.39, 0.29) is 11.3 Å². The molecule has 0 radical (unpaired) electrons. The molecule has 6 heteroatoms. The number of thioether (sulfide) groups is 1. The normalized spacial score (nSPS) is 11.0. The Kier molecular flexibility index (Phi) is 5.36. The van der Waals surface area contributed by atoms with Gasteiger partial charge in [-0.25, -0.2) is 9.37 Å². The van der Waals surface area contributed by atoms with Gasteiger partial charge in [-0.1, -0.05) is 47.7 Å². The lowest BCUT2D eigenvalue weighted by Gasteiger charge is -2.13. The van der Waals surface area contributed by atoms with Crippen molar-refractivity contribution in [3.63, 3.8) is 0 Å². The third kappa shape index (κ3) is 3.89. The number of rotatable bonds is 5. The molecule has 4 aromatic rings. The molecule has 0 amide bonds. The maximum absolute atomic E-state index is 14.0. The van der Waals surface area contributed by atoms with Crippen LogP contribution >= 0.6 is 11.8 Å². The van der Waals surface area contributed by atoms with Crippen molar-refractivity contribution in [2.45, 2.75) is 17.8 Å². The van der Waals surface area contributed by atoms with Gasteiger partial charge in [-0.3, -0.25) is 9.36 Å². The Labute approximate surface area is 172 Å². The maximum Gasteiger partial charge on any atom is 0.266 e. The molecule has 0 fully saturated rings. The Bertz CT molecular complexity index is 1240. The molecule has 0 aliphatic rings. The lowest BCUT2D eigenvalue weighted by molar-refractivity contribution is 0.386. The van der Waals surface area contributed by atoms with Crippen molar-refractivity contribution in [2.24, 2.45) is 0 Å². The monoisotopic (exact) mass is 406 g/mol. The molecule has 0 spiro atoms. The van der Waals surface area contributed by atoms with E-state index < -0.39 is 5.82 Å². The first-order chi connectivity index (χ1) is 14.1. The molecular formula is C23H19FN2O2S. The Morgan fingerprint density at radius 2 is 1.83 bits per heavy atom. The summed E-state index contributed by atoms with van der Waals surface area (Å²) in [6, 6.07) is 19.9. The lowest BCUT2D eigenvalue weighted by atomic mass is 10.2. The highest BCUT2D eigenvalue weighted by Crippen LogP contribution is 2.26. The average Bonchev–Trinajstić information content (AvgIpc) is 2.73. The number of nitrogens with zero attached hydrogens (tertiary/aromatic N) is 2. The number of halogens is 1. The summed E-state index contributed by atoms with van der Waals surface area (Å²) in [5, 5.41) is 1.13. The van der Waals surface area contributed by atoms with E-state index in [1.807, 2.05) is 55.5 Å². The summed E-state index contributed by atoms with van der Waals surface area (Å²) >= 11 is 1.39. The third-order valence-electron chi connectivity index (χ3n) is 4.62. The van der Waals surface area contributed by atoms with E-state index in [0.717, 1.165) is 16.8 Å². The first kappa shape index (κ1) is 19.2. The molecule has 0 unspecified atom stereocenters. The summed E-state index contributed by atoms with van der Waals surface area (Å²) in [7, 11) is 1.44. The highest BCUT2D eigenvalue weighted by atomic mass is 32.2. The summed E-state index contributed by atoms with van der Waals surface area (Å²) in [5.41, 5.74) is 3.17. The Hall–Kier alpha value is -3.12. The SMILES string of the molecule is COc1ccc(CSc2nc3ccccc3c(=O)n2-c2ccc(C)cc2)cc1F. The van der Waals surface area contributed by atoms with Crippen LogP contribution in [0, 0.1) is 12.7 Å². The first-order valence-corrected chi connectivity index (χ1v) is 10.1. The molecule has 0 atom stereocenters. The molecular weight excluding hydrogens is 387 g/mol. The number of para-hydroxylation sites is 1. The number of benzene rings is 3. The van der Waals surface area contributed by atoms with E-state index in [1.165, 1.54) is 24.9 Å². The molecule has 0 aliphatic carbocycles.